The number of hydrogen-bond donors (Lipinski definition) is 1. The molecule has 0 spiro atoms. The fraction of sp³-hybridized carbons (Fsp3) is 0.500. The lowest BCUT2D eigenvalue weighted by molar-refractivity contribution is 0.148. The van der Waals surface area contributed by atoms with Gasteiger partial charge in [0.05, 0.1) is 0 Å². The SMILES string of the molecule is CC1CCc2ncnc(N3CCN(C(=O)N(CCN)Cc4ccc(F)cc4)CC3)c21. The molecule has 2 aromatic rings. The van der Waals surface area contributed by atoms with Crippen molar-refractivity contribution < 1.29 is 9.18 Å². The number of aryl methyl sites for hydroxylation is 1. The summed E-state index contributed by atoms with van der Waals surface area (Å²) < 4.78 is 13.2. The Morgan fingerprint density at radius 2 is 1.93 bits per heavy atom. The van der Waals surface area contributed by atoms with Gasteiger partial charge < -0.3 is 20.4 Å². The molecule has 1 aromatic heterocycles. The summed E-state index contributed by atoms with van der Waals surface area (Å²) in [7, 11) is 0. The molecule has 7 nitrogen and oxygen atoms in total. The third kappa shape index (κ3) is 4.23. The van der Waals surface area contributed by atoms with Gasteiger partial charge in [-0.1, -0.05) is 19.1 Å². The molecule has 1 saturated heterocycles. The molecule has 1 atom stereocenters. The molecule has 1 aliphatic carbocycles. The number of urea groups is 1. The number of nitrogens with zero attached hydrogens (tertiary/aromatic N) is 5. The number of aromatic nitrogens is 2. The van der Waals surface area contributed by atoms with Gasteiger partial charge in [0, 0.05) is 57.1 Å². The highest BCUT2D eigenvalue weighted by Crippen LogP contribution is 2.37. The van der Waals surface area contributed by atoms with Crippen molar-refractivity contribution in [1.82, 2.24) is 19.8 Å². The van der Waals surface area contributed by atoms with Crippen molar-refractivity contribution in [3.63, 3.8) is 0 Å². The van der Waals surface area contributed by atoms with E-state index in [4.69, 9.17) is 5.73 Å². The zero-order valence-corrected chi connectivity index (χ0v) is 17.4. The summed E-state index contributed by atoms with van der Waals surface area (Å²) in [6, 6.07) is 6.23. The number of nitrogens with two attached hydrogens (primary N) is 1. The summed E-state index contributed by atoms with van der Waals surface area (Å²) in [5.74, 6) is 1.23. The van der Waals surface area contributed by atoms with Crippen LogP contribution in [0.1, 0.15) is 36.1 Å². The molecule has 2 amide bonds. The first-order valence-electron chi connectivity index (χ1n) is 10.6. The summed E-state index contributed by atoms with van der Waals surface area (Å²) in [6.45, 7) is 6.27. The zero-order chi connectivity index (χ0) is 21.1. The smallest absolute Gasteiger partial charge is 0.320 e. The van der Waals surface area contributed by atoms with Crippen LogP contribution < -0.4 is 10.6 Å². The Balaban J connectivity index is 1.41. The average molecular weight is 413 g/mol. The molecule has 0 radical (unpaired) electrons. The van der Waals surface area contributed by atoms with E-state index in [1.807, 2.05) is 4.90 Å². The van der Waals surface area contributed by atoms with Crippen molar-refractivity contribution in [3.05, 3.63) is 53.2 Å². The molecule has 1 fully saturated rings. The van der Waals surface area contributed by atoms with E-state index in [9.17, 15) is 9.18 Å². The molecular weight excluding hydrogens is 383 g/mol. The van der Waals surface area contributed by atoms with Crippen LogP contribution in [0.2, 0.25) is 0 Å². The molecule has 0 bridgehead atoms. The molecule has 2 N–H and O–H groups in total. The second-order valence-corrected chi connectivity index (χ2v) is 8.09. The maximum absolute atomic E-state index is 13.2. The van der Waals surface area contributed by atoms with Crippen LogP contribution in [0.4, 0.5) is 15.0 Å². The summed E-state index contributed by atoms with van der Waals surface area (Å²) >= 11 is 0. The minimum atomic E-state index is -0.280. The maximum atomic E-state index is 13.2. The van der Waals surface area contributed by atoms with Gasteiger partial charge in [0.15, 0.2) is 0 Å². The van der Waals surface area contributed by atoms with Crippen LogP contribution in [0, 0.1) is 5.82 Å². The number of carbonyl (C=O) groups excluding carboxylic acids is 1. The number of hydrogen-bond acceptors (Lipinski definition) is 5. The van der Waals surface area contributed by atoms with Gasteiger partial charge in [0.2, 0.25) is 0 Å². The van der Waals surface area contributed by atoms with Gasteiger partial charge in [-0.15, -0.1) is 0 Å². The lowest BCUT2D eigenvalue weighted by atomic mass is 10.1. The average Bonchev–Trinajstić information content (AvgIpc) is 3.16. The quantitative estimate of drug-likeness (QED) is 0.816. The molecule has 160 valence electrons. The standard InChI is InChI=1S/C22H29FN6O/c1-16-2-7-19-20(16)21(26-15-25-19)27-10-12-28(13-11-27)22(30)29(9-8-24)14-17-3-5-18(23)6-4-17/h3-6,15-16H,2,7-14,24H2,1H3. The zero-order valence-electron chi connectivity index (χ0n) is 17.4. The Morgan fingerprint density at radius 1 is 1.20 bits per heavy atom. The molecule has 8 heteroatoms. The molecule has 30 heavy (non-hydrogen) atoms. The van der Waals surface area contributed by atoms with E-state index in [2.05, 4.69) is 21.8 Å². The van der Waals surface area contributed by atoms with Gasteiger partial charge in [0.1, 0.15) is 18.0 Å². The van der Waals surface area contributed by atoms with Crippen LogP contribution in [-0.2, 0) is 13.0 Å². The van der Waals surface area contributed by atoms with Crippen molar-refractivity contribution >= 4 is 11.8 Å². The van der Waals surface area contributed by atoms with E-state index in [-0.39, 0.29) is 11.8 Å². The summed E-state index contributed by atoms with van der Waals surface area (Å²) in [5, 5.41) is 0. The van der Waals surface area contributed by atoms with Gasteiger partial charge in [0.25, 0.3) is 0 Å². The normalized spacial score (nSPS) is 18.4. The topological polar surface area (TPSA) is 78.6 Å². The predicted octanol–water partition coefficient (Wildman–Crippen LogP) is 2.37. The van der Waals surface area contributed by atoms with Crippen LogP contribution in [0.5, 0.6) is 0 Å². The largest absolute Gasteiger partial charge is 0.353 e. The lowest BCUT2D eigenvalue weighted by Gasteiger charge is -2.38. The van der Waals surface area contributed by atoms with Gasteiger partial charge >= 0.3 is 6.03 Å². The minimum absolute atomic E-state index is 0.0225. The highest BCUT2D eigenvalue weighted by atomic mass is 19.1. The molecule has 0 saturated carbocycles. The van der Waals surface area contributed by atoms with Crippen molar-refractivity contribution in [1.29, 1.82) is 0 Å². The van der Waals surface area contributed by atoms with E-state index in [0.717, 1.165) is 37.3 Å². The van der Waals surface area contributed by atoms with Gasteiger partial charge in [-0.25, -0.2) is 19.2 Å². The predicted molar refractivity (Wildman–Crippen MR) is 114 cm³/mol. The molecule has 1 unspecified atom stereocenters. The van der Waals surface area contributed by atoms with Crippen molar-refractivity contribution in [2.45, 2.75) is 32.2 Å². The molecule has 2 heterocycles. The highest BCUT2D eigenvalue weighted by Gasteiger charge is 2.30. The third-order valence-corrected chi connectivity index (χ3v) is 6.06. The Kier molecular flexibility index (Phi) is 6.13. The van der Waals surface area contributed by atoms with Gasteiger partial charge in [-0.3, -0.25) is 0 Å². The fourth-order valence-electron chi connectivity index (χ4n) is 4.39. The molecule has 1 aromatic carbocycles. The number of amides is 2. The molecule has 2 aliphatic rings. The Labute approximate surface area is 176 Å². The van der Waals surface area contributed by atoms with E-state index in [1.54, 1.807) is 23.4 Å². The van der Waals surface area contributed by atoms with Crippen LogP contribution in [0.15, 0.2) is 30.6 Å². The Hall–Kier alpha value is -2.74. The number of piperazine rings is 1. The van der Waals surface area contributed by atoms with Gasteiger partial charge in [-0.2, -0.15) is 0 Å². The van der Waals surface area contributed by atoms with Crippen molar-refractivity contribution in [2.75, 3.05) is 44.2 Å². The molecule has 4 rings (SSSR count). The van der Waals surface area contributed by atoms with Crippen molar-refractivity contribution in [3.8, 4) is 0 Å². The molecule has 1 aliphatic heterocycles. The summed E-state index contributed by atoms with van der Waals surface area (Å²) in [4.78, 5) is 28.0. The van der Waals surface area contributed by atoms with E-state index >= 15 is 0 Å². The molecular formula is C22H29FN6O. The van der Waals surface area contributed by atoms with E-state index in [0.29, 0.717) is 38.6 Å². The van der Waals surface area contributed by atoms with E-state index < -0.39 is 0 Å². The van der Waals surface area contributed by atoms with Crippen LogP contribution in [0.3, 0.4) is 0 Å². The van der Waals surface area contributed by atoms with Crippen LogP contribution >= 0.6 is 0 Å². The van der Waals surface area contributed by atoms with Crippen LogP contribution in [0.25, 0.3) is 0 Å². The first-order valence-corrected chi connectivity index (χ1v) is 10.6. The highest BCUT2D eigenvalue weighted by molar-refractivity contribution is 5.75. The number of rotatable bonds is 5. The fourth-order valence-corrected chi connectivity index (χ4v) is 4.39. The Bertz CT molecular complexity index is 882. The summed E-state index contributed by atoms with van der Waals surface area (Å²) in [5.41, 5.74) is 9.08. The second kappa shape index (κ2) is 8.95. The third-order valence-electron chi connectivity index (χ3n) is 6.06. The minimum Gasteiger partial charge on any atom is -0.353 e. The summed E-state index contributed by atoms with van der Waals surface area (Å²) in [6.07, 6.45) is 3.80. The number of carbonyl (C=O) groups is 1. The monoisotopic (exact) mass is 412 g/mol. The number of benzene rings is 1. The van der Waals surface area contributed by atoms with Crippen molar-refractivity contribution in [2.24, 2.45) is 5.73 Å². The first-order chi connectivity index (χ1) is 14.6. The first kappa shape index (κ1) is 20.5. The van der Waals surface area contributed by atoms with Crippen LogP contribution in [-0.4, -0.2) is 65.1 Å². The Morgan fingerprint density at radius 3 is 2.63 bits per heavy atom. The van der Waals surface area contributed by atoms with E-state index in [1.165, 1.54) is 23.4 Å². The second-order valence-electron chi connectivity index (χ2n) is 8.09. The number of anilines is 1. The maximum Gasteiger partial charge on any atom is 0.320 e. The number of fused-ring (bicyclic) bond motifs is 1. The lowest BCUT2D eigenvalue weighted by Crippen LogP contribution is -2.53. The number of halogens is 1. The van der Waals surface area contributed by atoms with Gasteiger partial charge in [-0.05, 0) is 36.5 Å².